The molecule has 0 heterocycles. The summed E-state index contributed by atoms with van der Waals surface area (Å²) in [6, 6.07) is 15.9. The Morgan fingerprint density at radius 1 is 1.20 bits per heavy atom. The average Bonchev–Trinajstić information content (AvgIpc) is 2.45. The van der Waals surface area contributed by atoms with Crippen LogP contribution in [-0.4, -0.2) is 13.0 Å². The van der Waals surface area contributed by atoms with Crippen molar-refractivity contribution in [1.29, 1.82) is 0 Å². The first-order valence-electron chi connectivity index (χ1n) is 6.59. The Hall–Kier alpha value is -2.29. The van der Waals surface area contributed by atoms with Gasteiger partial charge in [-0.05, 0) is 18.6 Å². The molecule has 1 atom stereocenters. The van der Waals surface area contributed by atoms with E-state index in [4.69, 9.17) is 10.5 Å². The van der Waals surface area contributed by atoms with Gasteiger partial charge in [-0.3, -0.25) is 4.79 Å². The molecule has 2 rings (SSSR count). The van der Waals surface area contributed by atoms with Crippen molar-refractivity contribution in [3.8, 4) is 5.75 Å². The van der Waals surface area contributed by atoms with Crippen molar-refractivity contribution in [1.82, 2.24) is 0 Å². The summed E-state index contributed by atoms with van der Waals surface area (Å²) >= 11 is 0. The van der Waals surface area contributed by atoms with E-state index in [-0.39, 0.29) is 18.2 Å². The lowest BCUT2D eigenvalue weighted by atomic mass is 9.87. The normalized spacial score (nSPS) is 11.9. The summed E-state index contributed by atoms with van der Waals surface area (Å²) in [5.74, 6) is 0.386. The molecule has 1 amide bonds. The summed E-state index contributed by atoms with van der Waals surface area (Å²) in [5.41, 5.74) is 8.61. The van der Waals surface area contributed by atoms with Gasteiger partial charge in [0, 0.05) is 17.9 Å². The minimum atomic E-state index is -0.317. The van der Waals surface area contributed by atoms with Gasteiger partial charge < -0.3 is 10.5 Å². The molecule has 3 nitrogen and oxygen atoms in total. The third-order valence-corrected chi connectivity index (χ3v) is 3.37. The molecule has 0 aliphatic heterocycles. The predicted molar refractivity (Wildman–Crippen MR) is 79.8 cm³/mol. The highest BCUT2D eigenvalue weighted by Gasteiger charge is 2.20. The number of hydrogen-bond acceptors (Lipinski definition) is 2. The monoisotopic (exact) mass is 269 g/mol. The van der Waals surface area contributed by atoms with Crippen LogP contribution in [0.5, 0.6) is 5.75 Å². The van der Waals surface area contributed by atoms with Crippen LogP contribution >= 0.6 is 0 Å². The number of amides is 1. The number of methoxy groups -OCH3 is 1. The van der Waals surface area contributed by atoms with Gasteiger partial charge in [0.25, 0.3) is 0 Å². The Morgan fingerprint density at radius 2 is 1.90 bits per heavy atom. The molecule has 0 aromatic heterocycles. The molecule has 2 aromatic rings. The quantitative estimate of drug-likeness (QED) is 0.907. The lowest BCUT2D eigenvalue weighted by Gasteiger charge is -2.20. The van der Waals surface area contributed by atoms with E-state index in [0.29, 0.717) is 0 Å². The highest BCUT2D eigenvalue weighted by molar-refractivity contribution is 5.75. The molecule has 0 unspecified atom stereocenters. The van der Waals surface area contributed by atoms with Gasteiger partial charge in [0.15, 0.2) is 0 Å². The highest BCUT2D eigenvalue weighted by atomic mass is 16.5. The molecule has 20 heavy (non-hydrogen) atoms. The smallest absolute Gasteiger partial charge is 0.218 e. The van der Waals surface area contributed by atoms with Crippen LogP contribution in [0, 0.1) is 6.92 Å². The Balaban J connectivity index is 2.51. The summed E-state index contributed by atoms with van der Waals surface area (Å²) in [6.07, 6.45) is 0.268. The number of benzene rings is 2. The third kappa shape index (κ3) is 3.18. The zero-order chi connectivity index (χ0) is 14.5. The molecule has 0 radical (unpaired) electrons. The molecule has 0 bridgehead atoms. The second-order valence-electron chi connectivity index (χ2n) is 4.88. The second kappa shape index (κ2) is 6.24. The summed E-state index contributed by atoms with van der Waals surface area (Å²) in [7, 11) is 1.64. The van der Waals surface area contributed by atoms with Gasteiger partial charge in [-0.25, -0.2) is 0 Å². The van der Waals surface area contributed by atoms with Gasteiger partial charge in [0.1, 0.15) is 5.75 Å². The van der Waals surface area contributed by atoms with Crippen molar-refractivity contribution in [3.63, 3.8) is 0 Å². The van der Waals surface area contributed by atoms with Crippen LogP contribution in [0.2, 0.25) is 0 Å². The Labute approximate surface area is 119 Å². The lowest BCUT2D eigenvalue weighted by Crippen LogP contribution is -2.16. The van der Waals surface area contributed by atoms with Gasteiger partial charge in [0.05, 0.1) is 7.11 Å². The van der Waals surface area contributed by atoms with E-state index in [9.17, 15) is 4.79 Å². The van der Waals surface area contributed by atoms with Crippen molar-refractivity contribution in [2.45, 2.75) is 19.3 Å². The zero-order valence-corrected chi connectivity index (χ0v) is 11.8. The average molecular weight is 269 g/mol. The number of aryl methyl sites for hydroxylation is 1. The van der Waals surface area contributed by atoms with Crippen molar-refractivity contribution in [2.24, 2.45) is 5.73 Å². The van der Waals surface area contributed by atoms with Crippen molar-refractivity contribution in [3.05, 3.63) is 65.2 Å². The summed E-state index contributed by atoms with van der Waals surface area (Å²) < 4.78 is 5.43. The largest absolute Gasteiger partial charge is 0.496 e. The number of ether oxygens (including phenoxy) is 1. The number of carbonyl (C=O) groups excluding carboxylic acids is 1. The number of rotatable bonds is 5. The number of hydrogen-bond donors (Lipinski definition) is 1. The van der Waals surface area contributed by atoms with E-state index in [1.54, 1.807) is 7.11 Å². The van der Waals surface area contributed by atoms with Crippen LogP contribution in [-0.2, 0) is 4.79 Å². The standard InChI is InChI=1S/C17H19NO2/c1-12-8-9-16(20-2)15(10-12)14(11-17(18)19)13-6-4-3-5-7-13/h3-10,14H,11H2,1-2H3,(H2,18,19)/t14-/m1/s1. The molecule has 2 aromatic carbocycles. The van der Waals surface area contributed by atoms with Crippen LogP contribution in [0.25, 0.3) is 0 Å². The number of nitrogens with two attached hydrogens (primary N) is 1. The Bertz CT molecular complexity index is 593. The molecular formula is C17H19NO2. The zero-order valence-electron chi connectivity index (χ0n) is 11.8. The Kier molecular flexibility index (Phi) is 4.41. The van der Waals surface area contributed by atoms with Gasteiger partial charge >= 0.3 is 0 Å². The van der Waals surface area contributed by atoms with E-state index in [2.05, 4.69) is 6.07 Å². The maximum absolute atomic E-state index is 11.4. The van der Waals surface area contributed by atoms with E-state index in [1.165, 1.54) is 0 Å². The molecule has 2 N–H and O–H groups in total. The van der Waals surface area contributed by atoms with Crippen molar-refractivity contribution < 1.29 is 9.53 Å². The van der Waals surface area contributed by atoms with Gasteiger partial charge in [-0.1, -0.05) is 48.0 Å². The van der Waals surface area contributed by atoms with Gasteiger partial charge in [0.2, 0.25) is 5.91 Å². The van der Waals surface area contributed by atoms with Crippen LogP contribution in [0.3, 0.4) is 0 Å². The maximum Gasteiger partial charge on any atom is 0.218 e. The fraction of sp³-hybridized carbons (Fsp3) is 0.235. The first-order chi connectivity index (χ1) is 9.61. The molecule has 0 fully saturated rings. The predicted octanol–water partition coefficient (Wildman–Crippen LogP) is 3.01. The second-order valence-corrected chi connectivity index (χ2v) is 4.88. The molecule has 3 heteroatoms. The van der Waals surface area contributed by atoms with E-state index in [0.717, 1.165) is 22.4 Å². The highest BCUT2D eigenvalue weighted by Crippen LogP contribution is 2.34. The fourth-order valence-corrected chi connectivity index (χ4v) is 2.42. The maximum atomic E-state index is 11.4. The molecule has 104 valence electrons. The van der Waals surface area contributed by atoms with E-state index in [1.807, 2.05) is 49.4 Å². The number of carbonyl (C=O) groups is 1. The van der Waals surface area contributed by atoms with E-state index >= 15 is 0 Å². The van der Waals surface area contributed by atoms with Gasteiger partial charge in [-0.15, -0.1) is 0 Å². The molecule has 0 spiro atoms. The van der Waals surface area contributed by atoms with Crippen LogP contribution in [0.1, 0.15) is 29.0 Å². The van der Waals surface area contributed by atoms with E-state index < -0.39 is 0 Å². The minimum Gasteiger partial charge on any atom is -0.496 e. The SMILES string of the molecule is COc1ccc(C)cc1[C@H](CC(N)=O)c1ccccc1. The first-order valence-corrected chi connectivity index (χ1v) is 6.59. The lowest BCUT2D eigenvalue weighted by molar-refractivity contribution is -0.118. The van der Waals surface area contributed by atoms with Gasteiger partial charge in [-0.2, -0.15) is 0 Å². The first kappa shape index (κ1) is 14.1. The summed E-state index contributed by atoms with van der Waals surface area (Å²) in [6.45, 7) is 2.02. The van der Waals surface area contributed by atoms with Crippen molar-refractivity contribution >= 4 is 5.91 Å². The van der Waals surface area contributed by atoms with Crippen LogP contribution < -0.4 is 10.5 Å². The molecule has 0 aliphatic rings. The Morgan fingerprint density at radius 3 is 2.50 bits per heavy atom. The minimum absolute atomic E-state index is 0.0800. The molecular weight excluding hydrogens is 250 g/mol. The topological polar surface area (TPSA) is 52.3 Å². The van der Waals surface area contributed by atoms with Crippen molar-refractivity contribution in [2.75, 3.05) is 7.11 Å². The van der Waals surface area contributed by atoms with Crippen LogP contribution in [0.15, 0.2) is 48.5 Å². The molecule has 0 aliphatic carbocycles. The number of primary amides is 1. The molecule has 0 saturated heterocycles. The van der Waals surface area contributed by atoms with Crippen LogP contribution in [0.4, 0.5) is 0 Å². The third-order valence-electron chi connectivity index (χ3n) is 3.37. The fourth-order valence-electron chi connectivity index (χ4n) is 2.42. The summed E-state index contributed by atoms with van der Waals surface area (Å²) in [5, 5.41) is 0. The molecule has 0 saturated carbocycles. The summed E-state index contributed by atoms with van der Waals surface area (Å²) in [4.78, 5) is 11.4.